The maximum Gasteiger partial charge on any atom is 0.180 e. The highest BCUT2D eigenvalue weighted by atomic mass is 28.3. The van der Waals surface area contributed by atoms with Crippen molar-refractivity contribution in [2.75, 3.05) is 9.80 Å². The van der Waals surface area contributed by atoms with Gasteiger partial charge >= 0.3 is 0 Å². The molecule has 2 nitrogen and oxygen atoms in total. The Balaban J connectivity index is 0.802. The molecule has 119 heavy (non-hydrogen) atoms. The monoisotopic (exact) mass is 1540 g/mol. The molecule has 0 aromatic heterocycles. The van der Waals surface area contributed by atoms with Gasteiger partial charge in [0.15, 0.2) is 8.07 Å². The highest BCUT2D eigenvalue weighted by Gasteiger charge is 2.51. The first-order valence-corrected chi connectivity index (χ1v) is 42.7. The Morgan fingerprint density at radius 3 is 0.866 bits per heavy atom. The van der Waals surface area contributed by atoms with Crippen LogP contribution in [0.1, 0.15) is 55.6 Å². The van der Waals surface area contributed by atoms with Crippen LogP contribution in [0.4, 0.5) is 42.9 Å². The lowest BCUT2D eigenvalue weighted by molar-refractivity contribution is 0.624. The van der Waals surface area contributed by atoms with Gasteiger partial charge < -0.3 is 9.80 Å². The minimum atomic E-state index is -3.22. The van der Waals surface area contributed by atoms with Crippen molar-refractivity contribution in [3.63, 3.8) is 0 Å². The van der Waals surface area contributed by atoms with Crippen molar-refractivity contribution in [3.05, 3.63) is 517 Å². The van der Waals surface area contributed by atoms with Crippen molar-refractivity contribution in [1.82, 2.24) is 0 Å². The van der Waals surface area contributed by atoms with E-state index < -0.39 is 18.9 Å². The van der Waals surface area contributed by atoms with Crippen LogP contribution in [0.3, 0.4) is 0 Å². The van der Waals surface area contributed by atoms with Crippen LogP contribution < -0.4 is 30.5 Å². The minimum Gasteiger partial charge on any atom is -0.310 e. The molecule has 0 saturated heterocycles. The average Bonchev–Trinajstić information content (AvgIpc) is 1.56. The molecular weight excluding hydrogens is 1460 g/mol. The third-order valence-electron chi connectivity index (χ3n) is 25.2. The molecule has 18 aromatic carbocycles. The summed E-state index contributed by atoms with van der Waals surface area (Å²) in [6.07, 6.45) is 3.77. The first-order valence-electron chi connectivity index (χ1n) is 40.7. The van der Waals surface area contributed by atoms with Crippen molar-refractivity contribution in [2.45, 2.75) is 10.8 Å². The number of rotatable bonds is 18. The first kappa shape index (κ1) is 71.9. The normalized spacial score (nSPS) is 14.8. The Kier molecular flexibility index (Phi) is 17.8. The highest BCUT2D eigenvalue weighted by Crippen LogP contribution is 2.60. The Morgan fingerprint density at radius 2 is 0.504 bits per heavy atom. The fourth-order valence-corrected chi connectivity index (χ4v) is 24.9. The van der Waals surface area contributed by atoms with Gasteiger partial charge in [0.05, 0.1) is 10.8 Å². The van der Waals surface area contributed by atoms with E-state index in [2.05, 4.69) is 411 Å². The fraction of sp³-hybridized carbons (Fsp3) is 0.0175. The Morgan fingerprint density at radius 1 is 0.218 bits per heavy atom. The second-order valence-corrected chi connectivity index (χ2v) is 35.0. The molecule has 2 unspecified atom stereocenters. The summed E-state index contributed by atoms with van der Waals surface area (Å²) in [4.78, 5) is 4.90. The SMILES string of the molecule is C=Cc1ccc(C2(c3ccc(F)cc3)c3ccccc3-c3ccc(N(c4ccc(-c5cccc(-c6ccccc6)c5)cc4)c4ccc5c(c4)-c4cc(N(c6ccc(-c7cccc(-c8ccccc8)c7)cc6)c6ccc7c(c6)C(c6ccc(F)cc6)(c6ccc(C=C)cc6)c6ccccc6-7)ccc4[Si]5(c4ccccc4)c4ccccc4)cc32)cc1. The summed E-state index contributed by atoms with van der Waals surface area (Å²) < 4.78 is 31.1. The number of nitrogens with zero attached hydrogens (tertiary/aromatic N) is 2. The second-order valence-electron chi connectivity index (χ2n) is 31.3. The van der Waals surface area contributed by atoms with Gasteiger partial charge in [0.2, 0.25) is 0 Å². The number of benzene rings is 18. The van der Waals surface area contributed by atoms with Gasteiger partial charge in [0, 0.05) is 34.1 Å². The van der Waals surface area contributed by atoms with Crippen molar-refractivity contribution in [2.24, 2.45) is 0 Å². The maximum atomic E-state index is 15.6. The van der Waals surface area contributed by atoms with E-state index in [9.17, 15) is 0 Å². The van der Waals surface area contributed by atoms with Crippen LogP contribution in [-0.4, -0.2) is 8.07 Å². The maximum absolute atomic E-state index is 15.6. The number of hydrogen-bond donors (Lipinski definition) is 0. The van der Waals surface area contributed by atoms with E-state index >= 15 is 8.78 Å². The van der Waals surface area contributed by atoms with Crippen LogP contribution in [-0.2, 0) is 10.8 Å². The summed E-state index contributed by atoms with van der Waals surface area (Å²) in [7, 11) is -3.22. The van der Waals surface area contributed by atoms with Crippen LogP contribution in [0, 0.1) is 11.6 Å². The van der Waals surface area contributed by atoms with Crippen LogP contribution in [0.15, 0.2) is 450 Å². The van der Waals surface area contributed by atoms with Crippen molar-refractivity contribution in [1.29, 1.82) is 0 Å². The molecule has 0 radical (unpaired) electrons. The van der Waals surface area contributed by atoms with Crippen LogP contribution in [0.25, 0.3) is 90.0 Å². The lowest BCUT2D eigenvalue weighted by Crippen LogP contribution is -2.72. The molecule has 562 valence electrons. The molecular formula is C114H78F2N2Si. The van der Waals surface area contributed by atoms with E-state index in [1.807, 2.05) is 36.4 Å². The lowest BCUT2D eigenvalue weighted by atomic mass is 9.67. The Bertz CT molecular complexity index is 6510. The zero-order valence-corrected chi connectivity index (χ0v) is 66.3. The van der Waals surface area contributed by atoms with Gasteiger partial charge in [-0.05, 0) is 263 Å². The largest absolute Gasteiger partial charge is 0.310 e. The van der Waals surface area contributed by atoms with Crippen molar-refractivity contribution < 1.29 is 8.78 Å². The van der Waals surface area contributed by atoms with Gasteiger partial charge in [0.1, 0.15) is 11.6 Å². The molecule has 3 aliphatic rings. The second kappa shape index (κ2) is 29.4. The minimum absolute atomic E-state index is 0.293. The van der Waals surface area contributed by atoms with Gasteiger partial charge in [-0.15, -0.1) is 0 Å². The summed E-state index contributed by atoms with van der Waals surface area (Å²) in [5, 5.41) is 5.15. The van der Waals surface area contributed by atoms with E-state index in [0.717, 1.165) is 168 Å². The lowest BCUT2D eigenvalue weighted by Gasteiger charge is -2.35. The summed E-state index contributed by atoms with van der Waals surface area (Å²) in [6, 6.07) is 157. The summed E-state index contributed by atoms with van der Waals surface area (Å²) >= 11 is 0. The number of halogens is 2. The summed E-state index contributed by atoms with van der Waals surface area (Å²) in [5.41, 5.74) is 30.4. The third kappa shape index (κ3) is 11.8. The molecule has 0 saturated carbocycles. The smallest absolute Gasteiger partial charge is 0.180 e. The number of hydrogen-bond acceptors (Lipinski definition) is 2. The van der Waals surface area contributed by atoms with E-state index in [4.69, 9.17) is 0 Å². The predicted molar refractivity (Wildman–Crippen MR) is 495 cm³/mol. The van der Waals surface area contributed by atoms with E-state index in [1.165, 1.54) is 20.7 Å². The van der Waals surface area contributed by atoms with Crippen LogP contribution in [0.5, 0.6) is 0 Å². The topological polar surface area (TPSA) is 6.48 Å². The summed E-state index contributed by atoms with van der Waals surface area (Å²) in [6.45, 7) is 8.32. The highest BCUT2D eigenvalue weighted by molar-refractivity contribution is 7.22. The Hall–Kier alpha value is -14.9. The number of anilines is 6. The van der Waals surface area contributed by atoms with Gasteiger partial charge in [0.25, 0.3) is 0 Å². The number of fused-ring (bicyclic) bond motifs is 9. The van der Waals surface area contributed by atoms with Crippen LogP contribution in [0.2, 0.25) is 0 Å². The van der Waals surface area contributed by atoms with Gasteiger partial charge in [-0.25, -0.2) is 8.78 Å². The van der Waals surface area contributed by atoms with E-state index in [-0.39, 0.29) is 11.6 Å². The predicted octanol–water partition coefficient (Wildman–Crippen LogP) is 26.9. The van der Waals surface area contributed by atoms with E-state index in [1.54, 1.807) is 24.3 Å². The molecule has 0 fully saturated rings. The van der Waals surface area contributed by atoms with Gasteiger partial charge in [-0.1, -0.05) is 353 Å². The Labute approximate surface area is 694 Å². The van der Waals surface area contributed by atoms with Crippen molar-refractivity contribution >= 4 is 75.1 Å². The van der Waals surface area contributed by atoms with Crippen LogP contribution >= 0.6 is 0 Å². The molecule has 0 N–H and O–H groups in total. The van der Waals surface area contributed by atoms with Gasteiger partial charge in [-0.2, -0.15) is 0 Å². The quantitative estimate of drug-likeness (QED) is 0.0790. The fourth-order valence-electron chi connectivity index (χ4n) is 19.8. The first-order chi connectivity index (χ1) is 58.7. The zero-order chi connectivity index (χ0) is 79.8. The van der Waals surface area contributed by atoms with E-state index in [0.29, 0.717) is 0 Å². The molecule has 1 heterocycles. The molecule has 2 atom stereocenters. The molecule has 0 amide bonds. The average molecular weight is 1540 g/mol. The third-order valence-corrected chi connectivity index (χ3v) is 30.1. The molecule has 18 aromatic rings. The molecule has 0 bridgehead atoms. The molecule has 21 rings (SSSR count). The zero-order valence-electron chi connectivity index (χ0n) is 65.3. The summed E-state index contributed by atoms with van der Waals surface area (Å²) in [5.74, 6) is -0.586. The molecule has 2 aliphatic carbocycles. The molecule has 1 aliphatic heterocycles. The standard InChI is InChI=1S/C114H78F2N2Si/c1-3-77-39-47-87(48-40-77)113(89-51-55-91(115)56-52-89)107-37-19-17-35-101(107)103-67-63-97(75-109(103)113)117(93-59-43-81(44-60-93)85-29-21-27-83(71-85)79-23-9-5-10-24-79)95-65-69-111-105(73-95)106-74-96(66-70-112(106)119(111,99-31-13-7-14-32-99)100-33-15-8-16-34-100)118(94-61-45-82(46-62-94)86-30-22-28-84(72-86)80-25-11-6-12-26-80)98-64-68-104-102-36-18-20-38-108(102)114(110(104)76-98,90-53-57-92(116)58-54-90)88-49-41-78(4-2)42-50-88/h3-76H,1-2H2. The van der Waals surface area contributed by atoms with Gasteiger partial charge in [-0.3, -0.25) is 0 Å². The molecule has 5 heteroatoms. The molecule has 0 spiro atoms. The van der Waals surface area contributed by atoms with Crippen molar-refractivity contribution in [3.8, 4) is 77.9 Å².